The van der Waals surface area contributed by atoms with E-state index in [-0.39, 0.29) is 18.1 Å². The Morgan fingerprint density at radius 1 is 1.04 bits per heavy atom. The van der Waals surface area contributed by atoms with Gasteiger partial charge in [-0.25, -0.2) is 4.79 Å². The van der Waals surface area contributed by atoms with Crippen LogP contribution in [0.3, 0.4) is 0 Å². The Hall–Kier alpha value is -1.29. The highest BCUT2D eigenvalue weighted by Gasteiger charge is 2.18. The van der Waals surface area contributed by atoms with Crippen LogP contribution in [0.5, 0.6) is 0 Å². The van der Waals surface area contributed by atoms with Gasteiger partial charge in [-0.3, -0.25) is 9.35 Å². The van der Waals surface area contributed by atoms with Crippen molar-refractivity contribution in [2.75, 3.05) is 60.6 Å². The van der Waals surface area contributed by atoms with Gasteiger partial charge in [0.15, 0.2) is 12.3 Å². The van der Waals surface area contributed by atoms with Crippen LogP contribution in [-0.4, -0.2) is 99.4 Å². The minimum absolute atomic E-state index is 0.0333. The van der Waals surface area contributed by atoms with E-state index in [1.165, 1.54) is 0 Å². The van der Waals surface area contributed by atoms with E-state index in [9.17, 15) is 18.0 Å². The van der Waals surface area contributed by atoms with Crippen LogP contribution in [0.15, 0.2) is 12.2 Å². The van der Waals surface area contributed by atoms with Gasteiger partial charge in [0.25, 0.3) is 10.1 Å². The Bertz CT molecular complexity index is 562. The highest BCUT2D eigenvalue weighted by atomic mass is 32.2. The Labute approximate surface area is 151 Å². The molecular formula is C16H34N2O6S+2. The predicted octanol–water partition coefficient (Wildman–Crippen LogP) is 0.653. The van der Waals surface area contributed by atoms with Crippen LogP contribution >= 0.6 is 0 Å². The average Bonchev–Trinajstić information content (AvgIpc) is 2.31. The minimum atomic E-state index is -3.88. The summed E-state index contributed by atoms with van der Waals surface area (Å²) in [5, 5.41) is 8.23. The molecule has 0 heterocycles. The first-order chi connectivity index (χ1) is 11.0. The average molecular weight is 383 g/mol. The number of carbonyl (C=O) groups is 2. The molecule has 0 saturated heterocycles. The number of hydrogen-bond acceptors (Lipinski definition) is 4. The Morgan fingerprint density at radius 2 is 1.52 bits per heavy atom. The third-order valence-electron chi connectivity index (χ3n) is 3.20. The van der Waals surface area contributed by atoms with Gasteiger partial charge in [-0.2, -0.15) is 8.42 Å². The van der Waals surface area contributed by atoms with E-state index in [0.29, 0.717) is 40.5 Å². The smallest absolute Gasteiger partial charge is 0.359 e. The molecule has 0 aliphatic rings. The number of carboxylic acid groups (broad SMARTS) is 1. The van der Waals surface area contributed by atoms with Crippen molar-refractivity contribution in [2.24, 2.45) is 0 Å². The molecule has 0 saturated carbocycles. The van der Waals surface area contributed by atoms with Crippen LogP contribution in [0, 0.1) is 0 Å². The van der Waals surface area contributed by atoms with Crippen LogP contribution in [0.1, 0.15) is 19.8 Å². The fraction of sp³-hybridized carbons (Fsp3) is 0.750. The van der Waals surface area contributed by atoms with Gasteiger partial charge < -0.3 is 14.1 Å². The SMILES string of the molecule is C=C(C)C(=O)CC[N+](C)(C)CCCS(=O)(=O)O.C[N+](C)(C)CC(=O)O. The van der Waals surface area contributed by atoms with Crippen molar-refractivity contribution >= 4 is 21.9 Å². The van der Waals surface area contributed by atoms with Crippen LogP contribution in [0.4, 0.5) is 0 Å². The molecule has 0 aliphatic carbocycles. The largest absolute Gasteiger partial charge is 0.477 e. The number of carbonyl (C=O) groups excluding carboxylic acids is 1. The molecule has 0 unspecified atom stereocenters. The standard InChI is InChI=1S/C11H21NO4S.C5H11NO2/c1-10(2)11(13)6-8-12(3,4)7-5-9-17(14,15)16;1-6(2,3)4-5(7)8/h1,5-9H2,2-4H3;4H2,1-3H3/p+2. The minimum Gasteiger partial charge on any atom is -0.477 e. The number of Topliss-reactive ketones (excluding diaryl/α,β-unsaturated/α-hetero) is 1. The lowest BCUT2D eigenvalue weighted by Gasteiger charge is -2.29. The van der Waals surface area contributed by atoms with Gasteiger partial charge in [0.2, 0.25) is 0 Å². The fourth-order valence-corrected chi connectivity index (χ4v) is 2.30. The lowest BCUT2D eigenvalue weighted by Crippen LogP contribution is -2.42. The zero-order valence-corrected chi connectivity index (χ0v) is 17.1. The van der Waals surface area contributed by atoms with Gasteiger partial charge in [0.05, 0.1) is 60.5 Å². The second-order valence-electron chi connectivity index (χ2n) is 7.82. The molecule has 8 nitrogen and oxygen atoms in total. The van der Waals surface area contributed by atoms with Crippen molar-refractivity contribution in [1.82, 2.24) is 0 Å². The number of likely N-dealkylation sites (N-methyl/N-ethyl adjacent to an activating group) is 1. The number of hydrogen-bond donors (Lipinski definition) is 2. The van der Waals surface area contributed by atoms with Crippen molar-refractivity contribution in [3.8, 4) is 0 Å². The molecule has 25 heavy (non-hydrogen) atoms. The molecule has 148 valence electrons. The molecule has 0 fully saturated rings. The summed E-state index contributed by atoms with van der Waals surface area (Å²) in [7, 11) is 5.49. The monoisotopic (exact) mass is 382 g/mol. The highest BCUT2D eigenvalue weighted by Crippen LogP contribution is 2.05. The van der Waals surface area contributed by atoms with Crippen LogP contribution in [0.25, 0.3) is 0 Å². The van der Waals surface area contributed by atoms with Crippen molar-refractivity contribution < 1.29 is 36.6 Å². The van der Waals surface area contributed by atoms with Crippen molar-refractivity contribution in [3.63, 3.8) is 0 Å². The molecule has 2 N–H and O–H groups in total. The number of allylic oxidation sites excluding steroid dienone is 1. The van der Waals surface area contributed by atoms with E-state index in [1.54, 1.807) is 6.92 Å². The molecular weight excluding hydrogens is 348 g/mol. The number of aliphatic carboxylic acids is 1. The van der Waals surface area contributed by atoms with E-state index < -0.39 is 16.1 Å². The van der Waals surface area contributed by atoms with Crippen LogP contribution in [-0.2, 0) is 19.7 Å². The summed E-state index contributed by atoms with van der Waals surface area (Å²) in [6.07, 6.45) is 0.793. The van der Waals surface area contributed by atoms with E-state index in [1.807, 2.05) is 35.2 Å². The number of rotatable bonds is 10. The zero-order chi connectivity index (χ0) is 20.5. The summed E-state index contributed by atoms with van der Waals surface area (Å²) in [4.78, 5) is 21.4. The molecule has 0 aromatic carbocycles. The second-order valence-corrected chi connectivity index (χ2v) is 9.39. The van der Waals surface area contributed by atoms with Crippen LogP contribution < -0.4 is 0 Å². The molecule has 0 spiro atoms. The maximum atomic E-state index is 11.4. The Kier molecular flexibility index (Phi) is 11.0. The van der Waals surface area contributed by atoms with E-state index in [2.05, 4.69) is 6.58 Å². The third-order valence-corrected chi connectivity index (χ3v) is 4.00. The summed E-state index contributed by atoms with van der Waals surface area (Å²) < 4.78 is 30.7. The molecule has 0 rings (SSSR count). The number of nitrogens with zero attached hydrogens (tertiary/aromatic N) is 2. The summed E-state index contributed by atoms with van der Waals surface area (Å²) in [5.74, 6) is -0.952. The van der Waals surface area contributed by atoms with Gasteiger partial charge in [-0.15, -0.1) is 0 Å². The lowest BCUT2D eigenvalue weighted by molar-refractivity contribution is -0.889. The van der Waals surface area contributed by atoms with Crippen molar-refractivity contribution in [2.45, 2.75) is 19.8 Å². The molecule has 0 amide bonds. The Morgan fingerprint density at radius 3 is 1.80 bits per heavy atom. The predicted molar refractivity (Wildman–Crippen MR) is 97.8 cm³/mol. The number of quaternary nitrogens is 2. The summed E-state index contributed by atoms with van der Waals surface area (Å²) in [6.45, 7) is 6.68. The highest BCUT2D eigenvalue weighted by molar-refractivity contribution is 7.85. The fourth-order valence-electron chi connectivity index (χ4n) is 1.81. The maximum absolute atomic E-state index is 11.4. The first-order valence-corrected chi connectivity index (χ1v) is 9.54. The summed E-state index contributed by atoms with van der Waals surface area (Å²) >= 11 is 0. The summed E-state index contributed by atoms with van der Waals surface area (Å²) in [5.41, 5.74) is 0.544. The lowest BCUT2D eigenvalue weighted by atomic mass is 10.1. The second kappa shape index (κ2) is 10.6. The van der Waals surface area contributed by atoms with E-state index >= 15 is 0 Å². The van der Waals surface area contributed by atoms with E-state index in [0.717, 1.165) is 0 Å². The first kappa shape index (κ1) is 25.9. The van der Waals surface area contributed by atoms with Gasteiger partial charge in [0, 0.05) is 6.42 Å². The van der Waals surface area contributed by atoms with Gasteiger partial charge in [-0.1, -0.05) is 6.58 Å². The quantitative estimate of drug-likeness (QED) is 0.326. The molecule has 0 bridgehead atoms. The van der Waals surface area contributed by atoms with Crippen molar-refractivity contribution in [1.29, 1.82) is 0 Å². The van der Waals surface area contributed by atoms with Gasteiger partial charge in [0.1, 0.15) is 0 Å². The molecule has 0 atom stereocenters. The first-order valence-electron chi connectivity index (χ1n) is 7.93. The normalized spacial score (nSPS) is 12.1. The maximum Gasteiger partial charge on any atom is 0.359 e. The third kappa shape index (κ3) is 20.7. The van der Waals surface area contributed by atoms with E-state index in [4.69, 9.17) is 9.66 Å². The molecule has 0 aromatic heterocycles. The number of carboxylic acids is 1. The molecule has 0 aromatic rings. The van der Waals surface area contributed by atoms with Crippen LogP contribution in [0.2, 0.25) is 0 Å². The number of ketones is 1. The molecule has 9 heteroatoms. The van der Waals surface area contributed by atoms with Gasteiger partial charge >= 0.3 is 5.97 Å². The van der Waals surface area contributed by atoms with Crippen molar-refractivity contribution in [3.05, 3.63) is 12.2 Å². The van der Waals surface area contributed by atoms with Gasteiger partial charge in [-0.05, 0) is 12.5 Å². The molecule has 0 radical (unpaired) electrons. The topological polar surface area (TPSA) is 109 Å². The zero-order valence-electron chi connectivity index (χ0n) is 16.3. The Balaban J connectivity index is 0. The summed E-state index contributed by atoms with van der Waals surface area (Å²) in [6, 6.07) is 0. The molecule has 0 aliphatic heterocycles.